The molecule has 0 aliphatic rings. The number of aromatic carboxylic acids is 1. The van der Waals surface area contributed by atoms with E-state index in [1.807, 2.05) is 0 Å². The Balaban J connectivity index is 2.03. The summed E-state index contributed by atoms with van der Waals surface area (Å²) in [5.74, 6) is -2.41. The molecule has 0 bridgehead atoms. The summed E-state index contributed by atoms with van der Waals surface area (Å²) in [7, 11) is 0. The minimum atomic E-state index is -4.52. The van der Waals surface area contributed by atoms with Crippen molar-refractivity contribution in [2.24, 2.45) is 0 Å². The maximum Gasteiger partial charge on any atom is 0.416 e. The molecule has 0 aliphatic carbocycles. The number of nitrogens with zero attached hydrogens (tertiary/aromatic N) is 4. The zero-order chi connectivity index (χ0) is 25.9. The van der Waals surface area contributed by atoms with Gasteiger partial charge in [-0.15, -0.1) is 0 Å². The molecular weight excluding hydrogens is 477 g/mol. The Hall–Kier alpha value is -4.80. The summed E-state index contributed by atoms with van der Waals surface area (Å²) in [6.07, 6.45) is -0.485. The van der Waals surface area contributed by atoms with Crippen LogP contribution >= 0.6 is 0 Å². The Morgan fingerprint density at radius 1 is 1.03 bits per heavy atom. The number of carbonyl (C=O) groups is 1. The molecule has 3 aromatic carbocycles. The van der Waals surface area contributed by atoms with E-state index in [4.69, 9.17) is 0 Å². The molecule has 1 unspecified atom stereocenters. The lowest BCUT2D eigenvalue weighted by Gasteiger charge is -2.23. The largest absolute Gasteiger partial charge is 0.478 e. The van der Waals surface area contributed by atoms with Crippen LogP contribution in [-0.2, 0) is 6.18 Å². The van der Waals surface area contributed by atoms with Gasteiger partial charge in [0.05, 0.1) is 33.2 Å². The highest BCUT2D eigenvalue weighted by atomic mass is 19.4. The van der Waals surface area contributed by atoms with Crippen molar-refractivity contribution in [3.05, 3.63) is 123 Å². The van der Waals surface area contributed by atoms with Crippen LogP contribution in [0.2, 0.25) is 0 Å². The molecule has 0 radical (unpaired) electrons. The molecule has 1 aromatic heterocycles. The highest BCUT2D eigenvalue weighted by Crippen LogP contribution is 2.42. The number of nitro groups is 1. The van der Waals surface area contributed by atoms with Gasteiger partial charge >= 0.3 is 12.1 Å². The van der Waals surface area contributed by atoms with E-state index in [0.29, 0.717) is 11.1 Å². The number of carboxylic acids is 1. The van der Waals surface area contributed by atoms with Crippen molar-refractivity contribution in [2.45, 2.75) is 12.1 Å². The summed E-state index contributed by atoms with van der Waals surface area (Å²) in [6.45, 7) is 0. The summed E-state index contributed by atoms with van der Waals surface area (Å²) in [6, 6.07) is 16.5. The van der Waals surface area contributed by atoms with Gasteiger partial charge < -0.3 is 5.11 Å². The van der Waals surface area contributed by atoms with Gasteiger partial charge in [0.1, 0.15) is 12.7 Å². The van der Waals surface area contributed by atoms with E-state index >= 15 is 0 Å². The third kappa shape index (κ3) is 4.99. The molecule has 4 aromatic rings. The van der Waals surface area contributed by atoms with Crippen LogP contribution < -0.4 is 0 Å². The molecule has 1 heterocycles. The Morgan fingerprint density at radius 2 is 1.72 bits per heavy atom. The molecule has 8 nitrogen and oxygen atoms in total. The molecule has 0 fully saturated rings. The lowest BCUT2D eigenvalue weighted by Crippen LogP contribution is -2.16. The maximum atomic E-state index is 13.1. The van der Waals surface area contributed by atoms with Crippen LogP contribution in [0.15, 0.2) is 85.5 Å². The van der Waals surface area contributed by atoms with Gasteiger partial charge in [0, 0.05) is 6.07 Å². The highest BCUT2D eigenvalue weighted by Gasteiger charge is 2.33. The van der Waals surface area contributed by atoms with Gasteiger partial charge in [0.15, 0.2) is 0 Å². The predicted octanol–water partition coefficient (Wildman–Crippen LogP) is 5.73. The summed E-state index contributed by atoms with van der Waals surface area (Å²) in [5, 5.41) is 26.0. The number of hydrogen-bond donors (Lipinski definition) is 1. The zero-order valence-corrected chi connectivity index (χ0v) is 18.3. The molecule has 1 atom stereocenters. The maximum absolute atomic E-state index is 13.1. The molecule has 0 amide bonds. The van der Waals surface area contributed by atoms with E-state index < -0.39 is 34.2 Å². The van der Waals surface area contributed by atoms with Crippen molar-refractivity contribution in [3.8, 4) is 0 Å². The second kappa shape index (κ2) is 9.82. The van der Waals surface area contributed by atoms with E-state index in [9.17, 15) is 33.2 Å². The summed E-state index contributed by atoms with van der Waals surface area (Å²) < 4.78 is 40.5. The highest BCUT2D eigenvalue weighted by molar-refractivity contribution is 5.93. The minimum absolute atomic E-state index is 0.102. The number of halogens is 3. The zero-order valence-electron chi connectivity index (χ0n) is 18.3. The van der Waals surface area contributed by atoms with E-state index in [1.54, 1.807) is 30.3 Å². The number of aromatic nitrogens is 3. The van der Waals surface area contributed by atoms with Crippen LogP contribution in [0.4, 0.5) is 18.9 Å². The van der Waals surface area contributed by atoms with Crippen LogP contribution in [0.5, 0.6) is 0 Å². The molecule has 4 rings (SSSR count). The van der Waals surface area contributed by atoms with E-state index in [2.05, 4.69) is 10.1 Å². The third-order valence-corrected chi connectivity index (χ3v) is 5.46. The van der Waals surface area contributed by atoms with Gasteiger partial charge in [0.25, 0.3) is 5.69 Å². The third-order valence-electron chi connectivity index (χ3n) is 5.46. The van der Waals surface area contributed by atoms with E-state index in [1.165, 1.54) is 53.7 Å². The summed E-state index contributed by atoms with van der Waals surface area (Å²) in [4.78, 5) is 27.4. The fourth-order valence-electron chi connectivity index (χ4n) is 3.90. The van der Waals surface area contributed by atoms with Crippen molar-refractivity contribution in [1.82, 2.24) is 14.8 Å². The Labute approximate surface area is 202 Å². The number of carboxylic acid groups (broad SMARTS) is 1. The number of benzene rings is 3. The second-order valence-electron chi connectivity index (χ2n) is 7.67. The molecule has 0 aliphatic heterocycles. The average Bonchev–Trinajstić information content (AvgIpc) is 3.39. The standard InChI is InChI=1S/C25H17F3N4O4/c26-25(27,28)18-11-9-16(10-12-18)13-21(31-15-29-14-30-31)22(17-5-2-1-3-6-17)23-19(24(33)34)7-4-8-20(23)32(35)36/h1-15,22H,(H,33,34)/b21-13+. The summed E-state index contributed by atoms with van der Waals surface area (Å²) in [5.41, 5.74) is -0.579. The number of alkyl halides is 3. The van der Waals surface area contributed by atoms with Crippen molar-refractivity contribution in [2.75, 3.05) is 0 Å². The van der Waals surface area contributed by atoms with Crippen LogP contribution in [-0.4, -0.2) is 30.8 Å². The van der Waals surface area contributed by atoms with Crippen LogP contribution in [0.1, 0.15) is 38.5 Å². The average molecular weight is 494 g/mol. The number of hydrogen-bond acceptors (Lipinski definition) is 5. The van der Waals surface area contributed by atoms with Gasteiger partial charge in [-0.1, -0.05) is 48.5 Å². The molecule has 0 spiro atoms. The molecule has 1 N–H and O–H groups in total. The normalized spacial score (nSPS) is 12.8. The minimum Gasteiger partial charge on any atom is -0.478 e. The Kier molecular flexibility index (Phi) is 6.64. The van der Waals surface area contributed by atoms with Gasteiger partial charge in [0.2, 0.25) is 0 Å². The lowest BCUT2D eigenvalue weighted by molar-refractivity contribution is -0.385. The van der Waals surface area contributed by atoms with Crippen LogP contribution in [0.3, 0.4) is 0 Å². The van der Waals surface area contributed by atoms with Crippen LogP contribution in [0, 0.1) is 10.1 Å². The number of nitro benzene ring substituents is 1. The fraction of sp³-hybridized carbons (Fsp3) is 0.0800. The quantitative estimate of drug-likeness (QED) is 0.259. The van der Waals surface area contributed by atoms with E-state index in [-0.39, 0.29) is 16.8 Å². The fourth-order valence-corrected chi connectivity index (χ4v) is 3.90. The monoisotopic (exact) mass is 494 g/mol. The van der Waals surface area contributed by atoms with Gasteiger partial charge in [-0.25, -0.2) is 14.5 Å². The number of allylic oxidation sites excluding steroid dienone is 1. The molecule has 182 valence electrons. The van der Waals surface area contributed by atoms with Crippen molar-refractivity contribution >= 4 is 23.4 Å². The Morgan fingerprint density at radius 3 is 2.28 bits per heavy atom. The molecule has 0 saturated carbocycles. The Bertz CT molecular complexity index is 1390. The smallest absolute Gasteiger partial charge is 0.416 e. The van der Waals surface area contributed by atoms with Gasteiger partial charge in [-0.05, 0) is 35.4 Å². The van der Waals surface area contributed by atoms with Crippen molar-refractivity contribution < 1.29 is 28.0 Å². The SMILES string of the molecule is O=C(O)c1cccc([N+](=O)[O-])c1C(/C(=C\c1ccc(C(F)(F)F)cc1)n1cncn1)c1ccccc1. The van der Waals surface area contributed by atoms with Crippen molar-refractivity contribution in [1.29, 1.82) is 0 Å². The molecule has 36 heavy (non-hydrogen) atoms. The second-order valence-corrected chi connectivity index (χ2v) is 7.67. The molecule has 0 saturated heterocycles. The first kappa shape index (κ1) is 24.3. The first-order valence-corrected chi connectivity index (χ1v) is 10.5. The van der Waals surface area contributed by atoms with Crippen LogP contribution in [0.25, 0.3) is 11.8 Å². The first-order valence-electron chi connectivity index (χ1n) is 10.5. The molecule has 11 heteroatoms. The molecular formula is C25H17F3N4O4. The van der Waals surface area contributed by atoms with Gasteiger partial charge in [-0.3, -0.25) is 10.1 Å². The number of rotatable bonds is 7. The van der Waals surface area contributed by atoms with Gasteiger partial charge in [-0.2, -0.15) is 18.3 Å². The topological polar surface area (TPSA) is 111 Å². The summed E-state index contributed by atoms with van der Waals surface area (Å²) >= 11 is 0. The van der Waals surface area contributed by atoms with E-state index in [0.717, 1.165) is 12.1 Å². The first-order chi connectivity index (χ1) is 17.2. The van der Waals surface area contributed by atoms with Crippen molar-refractivity contribution in [3.63, 3.8) is 0 Å². The lowest BCUT2D eigenvalue weighted by atomic mass is 9.83. The predicted molar refractivity (Wildman–Crippen MR) is 124 cm³/mol.